The van der Waals surface area contributed by atoms with Gasteiger partial charge in [-0.3, -0.25) is 0 Å². The minimum absolute atomic E-state index is 0.439. The Morgan fingerprint density at radius 2 is 1.88 bits per heavy atom. The van der Waals surface area contributed by atoms with E-state index < -0.39 is 6.29 Å². The van der Waals surface area contributed by atoms with Crippen LogP contribution < -0.4 is 9.47 Å². The quantitative estimate of drug-likeness (QED) is 0.835. The van der Waals surface area contributed by atoms with E-state index >= 15 is 0 Å². The second kappa shape index (κ2) is 5.58. The van der Waals surface area contributed by atoms with Crippen LogP contribution in [0.2, 0.25) is 5.02 Å². The van der Waals surface area contributed by atoms with Gasteiger partial charge in [-0.1, -0.05) is 11.6 Å². The van der Waals surface area contributed by atoms with Gasteiger partial charge in [0, 0.05) is 6.07 Å². The third-order valence-electron chi connectivity index (χ3n) is 2.57. The second-order valence-electron chi connectivity index (χ2n) is 3.66. The Hall–Kier alpha value is -0.970. The lowest BCUT2D eigenvalue weighted by molar-refractivity contribution is -0.183. The molecule has 1 aliphatic heterocycles. The molecule has 0 atom stereocenters. The van der Waals surface area contributed by atoms with Crippen molar-refractivity contribution in [1.29, 1.82) is 0 Å². The maximum atomic E-state index is 6.12. The third-order valence-corrected chi connectivity index (χ3v) is 2.85. The van der Waals surface area contributed by atoms with Crippen molar-refractivity contribution in [3.63, 3.8) is 0 Å². The first-order valence-corrected chi connectivity index (χ1v) is 5.78. The summed E-state index contributed by atoms with van der Waals surface area (Å²) in [5.41, 5.74) is 0.761. The molecule has 0 aromatic heterocycles. The Balaban J connectivity index is 2.38. The van der Waals surface area contributed by atoms with Crippen molar-refractivity contribution in [2.45, 2.75) is 12.7 Å². The number of halogens is 1. The highest BCUT2D eigenvalue weighted by atomic mass is 35.5. The van der Waals surface area contributed by atoms with Crippen molar-refractivity contribution >= 4 is 11.6 Å². The summed E-state index contributed by atoms with van der Waals surface area (Å²) in [5, 5.41) is 0.486. The molecule has 1 aromatic carbocycles. The molecule has 1 aromatic rings. The maximum Gasteiger partial charge on any atom is 0.187 e. The second-order valence-corrected chi connectivity index (χ2v) is 4.07. The number of rotatable bonds is 3. The van der Waals surface area contributed by atoms with Crippen LogP contribution in [0.25, 0.3) is 0 Å². The van der Waals surface area contributed by atoms with Crippen molar-refractivity contribution in [3.8, 4) is 11.5 Å². The van der Waals surface area contributed by atoms with Crippen LogP contribution in [0.5, 0.6) is 11.5 Å². The molecule has 17 heavy (non-hydrogen) atoms. The highest BCUT2D eigenvalue weighted by Crippen LogP contribution is 2.39. The molecule has 0 saturated carbocycles. The molecule has 1 fully saturated rings. The van der Waals surface area contributed by atoms with Crippen LogP contribution >= 0.6 is 11.6 Å². The molecule has 0 unspecified atom stereocenters. The molecule has 0 amide bonds. The Morgan fingerprint density at radius 1 is 1.18 bits per heavy atom. The molecule has 0 spiro atoms. The van der Waals surface area contributed by atoms with Crippen molar-refractivity contribution in [3.05, 3.63) is 22.7 Å². The molecule has 5 heteroatoms. The highest BCUT2D eigenvalue weighted by molar-refractivity contribution is 6.32. The van der Waals surface area contributed by atoms with E-state index in [1.54, 1.807) is 20.3 Å². The Labute approximate surface area is 105 Å². The molecular formula is C12H15ClO4. The maximum absolute atomic E-state index is 6.12. The molecule has 94 valence electrons. The molecule has 1 aliphatic rings. The summed E-state index contributed by atoms with van der Waals surface area (Å²) >= 11 is 6.12. The summed E-state index contributed by atoms with van der Waals surface area (Å²) < 4.78 is 21.5. The summed E-state index contributed by atoms with van der Waals surface area (Å²) in [5.74, 6) is 1.22. The highest BCUT2D eigenvalue weighted by Gasteiger charge is 2.23. The van der Waals surface area contributed by atoms with E-state index in [-0.39, 0.29) is 0 Å². The van der Waals surface area contributed by atoms with E-state index in [4.69, 9.17) is 30.5 Å². The van der Waals surface area contributed by atoms with Gasteiger partial charge in [0.05, 0.1) is 38.0 Å². The number of ether oxygens (including phenoxy) is 4. The van der Waals surface area contributed by atoms with Crippen LogP contribution in [0.15, 0.2) is 12.1 Å². The predicted octanol–water partition coefficient (Wildman–Crippen LogP) is 2.79. The van der Waals surface area contributed by atoms with Crippen molar-refractivity contribution < 1.29 is 18.9 Å². The van der Waals surface area contributed by atoms with E-state index in [0.29, 0.717) is 29.7 Å². The number of methoxy groups -OCH3 is 2. The molecule has 0 aliphatic carbocycles. The van der Waals surface area contributed by atoms with Crippen LogP contribution in [0.3, 0.4) is 0 Å². The zero-order valence-corrected chi connectivity index (χ0v) is 10.6. The fourth-order valence-electron chi connectivity index (χ4n) is 1.76. The first-order chi connectivity index (χ1) is 8.26. The van der Waals surface area contributed by atoms with Crippen LogP contribution in [0, 0.1) is 0 Å². The van der Waals surface area contributed by atoms with Gasteiger partial charge in [0.15, 0.2) is 6.29 Å². The summed E-state index contributed by atoms with van der Waals surface area (Å²) in [6.07, 6.45) is 0.461. The average molecular weight is 259 g/mol. The third kappa shape index (κ3) is 2.65. The Kier molecular flexibility index (Phi) is 4.10. The zero-order valence-electron chi connectivity index (χ0n) is 9.86. The van der Waals surface area contributed by atoms with Gasteiger partial charge in [0.2, 0.25) is 0 Å². The van der Waals surface area contributed by atoms with E-state index in [0.717, 1.165) is 12.0 Å². The van der Waals surface area contributed by atoms with Gasteiger partial charge in [0.25, 0.3) is 0 Å². The van der Waals surface area contributed by atoms with Gasteiger partial charge in [-0.25, -0.2) is 0 Å². The van der Waals surface area contributed by atoms with Crippen molar-refractivity contribution in [2.24, 2.45) is 0 Å². The molecule has 1 heterocycles. The lowest BCUT2D eigenvalue weighted by Gasteiger charge is -2.25. The van der Waals surface area contributed by atoms with Gasteiger partial charge < -0.3 is 18.9 Å². The molecular weight excluding hydrogens is 244 g/mol. The molecule has 0 radical (unpaired) electrons. The lowest BCUT2D eigenvalue weighted by atomic mass is 10.1. The van der Waals surface area contributed by atoms with Gasteiger partial charge in [-0.15, -0.1) is 0 Å². The molecule has 0 N–H and O–H groups in total. The topological polar surface area (TPSA) is 36.9 Å². The van der Waals surface area contributed by atoms with Gasteiger partial charge in [0.1, 0.15) is 11.5 Å². The molecule has 4 nitrogen and oxygen atoms in total. The minimum Gasteiger partial charge on any atom is -0.497 e. The standard InChI is InChI=1S/C12H15ClO4/c1-14-8-6-9(11(15-2)10(13)7-8)12-16-4-3-5-17-12/h6-7,12H,3-5H2,1-2H3. The summed E-state index contributed by atoms with van der Waals surface area (Å²) in [4.78, 5) is 0. The monoisotopic (exact) mass is 258 g/mol. The fraction of sp³-hybridized carbons (Fsp3) is 0.500. The van der Waals surface area contributed by atoms with Crippen LogP contribution in [-0.4, -0.2) is 27.4 Å². The van der Waals surface area contributed by atoms with Gasteiger partial charge in [-0.05, 0) is 12.5 Å². The van der Waals surface area contributed by atoms with E-state index in [1.807, 2.05) is 6.07 Å². The normalized spacial score (nSPS) is 16.9. The first-order valence-electron chi connectivity index (χ1n) is 5.41. The van der Waals surface area contributed by atoms with E-state index in [9.17, 15) is 0 Å². The fourth-order valence-corrected chi connectivity index (χ4v) is 2.06. The van der Waals surface area contributed by atoms with Crippen LogP contribution in [0.1, 0.15) is 18.3 Å². The number of hydrogen-bond acceptors (Lipinski definition) is 4. The summed E-state index contributed by atoms with van der Waals surface area (Å²) in [6.45, 7) is 1.34. The lowest BCUT2D eigenvalue weighted by Crippen LogP contribution is -2.18. The Morgan fingerprint density at radius 3 is 2.47 bits per heavy atom. The van der Waals surface area contributed by atoms with Gasteiger partial charge >= 0.3 is 0 Å². The predicted molar refractivity (Wildman–Crippen MR) is 63.8 cm³/mol. The van der Waals surface area contributed by atoms with Crippen molar-refractivity contribution in [2.75, 3.05) is 27.4 Å². The molecule has 2 rings (SSSR count). The largest absolute Gasteiger partial charge is 0.497 e. The molecule has 1 saturated heterocycles. The SMILES string of the molecule is COc1cc(Cl)c(OC)c(C2OCCCO2)c1. The number of hydrogen-bond donors (Lipinski definition) is 0. The van der Waals surface area contributed by atoms with Gasteiger partial charge in [-0.2, -0.15) is 0 Å². The van der Waals surface area contributed by atoms with Crippen molar-refractivity contribution in [1.82, 2.24) is 0 Å². The zero-order chi connectivity index (χ0) is 12.3. The average Bonchev–Trinajstić information content (AvgIpc) is 2.38. The van der Waals surface area contributed by atoms with Crippen LogP contribution in [0.4, 0.5) is 0 Å². The molecule has 0 bridgehead atoms. The number of benzene rings is 1. The van der Waals surface area contributed by atoms with E-state index in [2.05, 4.69) is 0 Å². The minimum atomic E-state index is -0.439. The first kappa shape index (κ1) is 12.5. The summed E-state index contributed by atoms with van der Waals surface area (Å²) in [7, 11) is 3.16. The van der Waals surface area contributed by atoms with Crippen LogP contribution in [-0.2, 0) is 9.47 Å². The Bertz CT molecular complexity index is 388. The smallest absolute Gasteiger partial charge is 0.187 e. The van der Waals surface area contributed by atoms with E-state index in [1.165, 1.54) is 0 Å². The summed E-state index contributed by atoms with van der Waals surface area (Å²) in [6, 6.07) is 3.52.